The van der Waals surface area contributed by atoms with E-state index in [2.05, 4.69) is 15.2 Å². The van der Waals surface area contributed by atoms with Gasteiger partial charge in [0.05, 0.1) is 11.3 Å². The third-order valence-corrected chi connectivity index (χ3v) is 9.35. The second-order valence-electron chi connectivity index (χ2n) is 10.3. The average molecular weight is 615 g/mol. The van der Waals surface area contributed by atoms with Gasteiger partial charge in [0.25, 0.3) is 17.7 Å². The van der Waals surface area contributed by atoms with E-state index in [1.165, 1.54) is 9.78 Å². The molecule has 1 aliphatic heterocycles. The quantitative estimate of drug-likeness (QED) is 0.148. The molecule has 2 aromatic carbocycles. The first-order valence-electron chi connectivity index (χ1n) is 13.6. The predicted molar refractivity (Wildman–Crippen MR) is 172 cm³/mol. The molecule has 1 saturated heterocycles. The van der Waals surface area contributed by atoms with E-state index in [0.29, 0.717) is 21.8 Å². The van der Waals surface area contributed by atoms with E-state index in [9.17, 15) is 14.4 Å². The van der Waals surface area contributed by atoms with Crippen molar-refractivity contribution in [3.05, 3.63) is 104 Å². The van der Waals surface area contributed by atoms with Crippen LogP contribution in [0.5, 0.6) is 0 Å². The fourth-order valence-electron chi connectivity index (χ4n) is 5.57. The molecule has 2 N–H and O–H groups in total. The van der Waals surface area contributed by atoms with Gasteiger partial charge < -0.3 is 9.88 Å². The third-order valence-electron chi connectivity index (χ3n) is 7.55. The van der Waals surface area contributed by atoms with Crippen LogP contribution < -0.4 is 15.5 Å². The van der Waals surface area contributed by atoms with Crippen LogP contribution >= 0.6 is 35.2 Å². The van der Waals surface area contributed by atoms with Gasteiger partial charge in [-0.1, -0.05) is 35.9 Å². The lowest BCUT2D eigenvalue weighted by atomic mass is 9.95. The predicted octanol–water partition coefficient (Wildman–Crippen LogP) is 6.77. The maximum atomic E-state index is 13.7. The first-order valence-corrected chi connectivity index (χ1v) is 15.2. The molecule has 2 aromatic heterocycles. The molecule has 6 rings (SSSR count). The topological polar surface area (TPSA) is 83.4 Å². The summed E-state index contributed by atoms with van der Waals surface area (Å²) in [5.41, 5.74) is 5.35. The molecule has 0 unspecified atom stereocenters. The van der Waals surface area contributed by atoms with Crippen LogP contribution in [0.1, 0.15) is 50.6 Å². The number of hydrogen-bond donors (Lipinski definition) is 2. The van der Waals surface area contributed by atoms with Crippen molar-refractivity contribution in [3.63, 3.8) is 0 Å². The number of carbonyl (C=O) groups excluding carboxylic acids is 3. The minimum absolute atomic E-state index is 0.00637. The highest BCUT2D eigenvalue weighted by Gasteiger charge is 2.35. The van der Waals surface area contributed by atoms with Gasteiger partial charge in [-0.15, -0.1) is 11.3 Å². The summed E-state index contributed by atoms with van der Waals surface area (Å²) in [6.45, 7) is 3.89. The molecule has 212 valence electrons. The number of aryl methyl sites for hydroxylation is 2. The Morgan fingerprint density at radius 3 is 2.57 bits per heavy atom. The molecular weight excluding hydrogens is 588 g/mol. The van der Waals surface area contributed by atoms with Crippen molar-refractivity contribution in [1.82, 2.24) is 9.88 Å². The summed E-state index contributed by atoms with van der Waals surface area (Å²) >= 11 is 13.1. The van der Waals surface area contributed by atoms with E-state index in [1.807, 2.05) is 50.2 Å². The number of nitrogens with zero attached hydrogens (tertiary/aromatic N) is 2. The fourth-order valence-corrected chi connectivity index (χ4v) is 7.53. The Bertz CT molecular complexity index is 1810. The minimum atomic E-state index is -0.567. The van der Waals surface area contributed by atoms with E-state index in [4.69, 9.17) is 23.8 Å². The van der Waals surface area contributed by atoms with Crippen molar-refractivity contribution in [3.8, 4) is 5.00 Å². The molecule has 1 aliphatic carbocycles. The Morgan fingerprint density at radius 1 is 1.05 bits per heavy atom. The van der Waals surface area contributed by atoms with Gasteiger partial charge in [0, 0.05) is 27.0 Å². The smallest absolute Gasteiger partial charge is 0.270 e. The molecule has 10 heteroatoms. The number of aromatic nitrogens is 1. The Hall–Kier alpha value is -4.05. The molecule has 1 fully saturated rings. The van der Waals surface area contributed by atoms with Crippen LogP contribution in [0.2, 0.25) is 5.02 Å². The monoisotopic (exact) mass is 614 g/mol. The first kappa shape index (κ1) is 28.1. The van der Waals surface area contributed by atoms with Gasteiger partial charge in [0.15, 0.2) is 5.11 Å². The van der Waals surface area contributed by atoms with Crippen molar-refractivity contribution in [2.45, 2.75) is 39.5 Å². The van der Waals surface area contributed by atoms with Crippen molar-refractivity contribution in [2.75, 3.05) is 10.2 Å². The first-order chi connectivity index (χ1) is 20.2. The van der Waals surface area contributed by atoms with Crippen molar-refractivity contribution < 1.29 is 14.4 Å². The largest absolute Gasteiger partial charge is 0.322 e. The zero-order chi connectivity index (χ0) is 29.5. The van der Waals surface area contributed by atoms with Gasteiger partial charge in [-0.2, -0.15) is 0 Å². The number of carbonyl (C=O) groups is 3. The molecule has 2 aliphatic rings. The zero-order valence-corrected chi connectivity index (χ0v) is 25.4. The average Bonchev–Trinajstić information content (AvgIpc) is 3.47. The number of halogens is 1. The van der Waals surface area contributed by atoms with Crippen LogP contribution in [0.15, 0.2) is 66.2 Å². The highest BCUT2D eigenvalue weighted by atomic mass is 35.5. The SMILES string of the molecule is Cc1cc(/C=C2\C(=O)NC(=S)N(c3cccc(Cl)c3)C2=O)c(C)n1-c1sc2c(c1C(=O)Nc1ccccc1)CCCC2. The van der Waals surface area contributed by atoms with Gasteiger partial charge in [-0.25, -0.2) is 0 Å². The van der Waals surface area contributed by atoms with Crippen molar-refractivity contribution >= 4 is 75.4 Å². The molecule has 7 nitrogen and oxygen atoms in total. The summed E-state index contributed by atoms with van der Waals surface area (Å²) < 4.78 is 2.06. The van der Waals surface area contributed by atoms with Gasteiger partial charge in [-0.05, 0) is 105 Å². The number of rotatable bonds is 5. The maximum absolute atomic E-state index is 13.7. The number of benzene rings is 2. The molecule has 3 amide bonds. The number of para-hydroxylation sites is 1. The van der Waals surface area contributed by atoms with Crippen molar-refractivity contribution in [1.29, 1.82) is 0 Å². The van der Waals surface area contributed by atoms with Crippen LogP contribution in [-0.2, 0) is 22.4 Å². The van der Waals surface area contributed by atoms with Crippen LogP contribution in [0.4, 0.5) is 11.4 Å². The van der Waals surface area contributed by atoms with Gasteiger partial charge >= 0.3 is 0 Å². The molecule has 0 bridgehead atoms. The summed E-state index contributed by atoms with van der Waals surface area (Å²) in [4.78, 5) is 42.8. The van der Waals surface area contributed by atoms with Crippen LogP contribution in [0.3, 0.4) is 0 Å². The van der Waals surface area contributed by atoms with Crippen LogP contribution in [-0.4, -0.2) is 27.4 Å². The van der Waals surface area contributed by atoms with Crippen molar-refractivity contribution in [2.24, 2.45) is 0 Å². The van der Waals surface area contributed by atoms with E-state index in [1.54, 1.807) is 41.7 Å². The summed E-state index contributed by atoms with van der Waals surface area (Å²) in [5.74, 6) is -1.25. The maximum Gasteiger partial charge on any atom is 0.270 e. The van der Waals surface area contributed by atoms with E-state index >= 15 is 0 Å². The van der Waals surface area contributed by atoms with E-state index < -0.39 is 11.8 Å². The van der Waals surface area contributed by atoms with Crippen LogP contribution in [0, 0.1) is 13.8 Å². The molecule has 0 atom stereocenters. The molecule has 0 saturated carbocycles. The molecule has 42 heavy (non-hydrogen) atoms. The highest BCUT2D eigenvalue weighted by molar-refractivity contribution is 7.80. The summed E-state index contributed by atoms with van der Waals surface area (Å²) in [5, 5.41) is 6.98. The summed E-state index contributed by atoms with van der Waals surface area (Å²) in [7, 11) is 0. The Labute approximate surface area is 257 Å². The number of amides is 3. The molecule has 4 aromatic rings. The molecule has 0 spiro atoms. The number of hydrogen-bond acceptors (Lipinski definition) is 5. The van der Waals surface area contributed by atoms with E-state index in [-0.39, 0.29) is 16.6 Å². The molecular formula is C32H27ClN4O3S2. The zero-order valence-electron chi connectivity index (χ0n) is 23.0. The number of fused-ring (bicyclic) bond motifs is 1. The minimum Gasteiger partial charge on any atom is -0.322 e. The van der Waals surface area contributed by atoms with Gasteiger partial charge in [-0.3, -0.25) is 24.6 Å². The fraction of sp³-hybridized carbons (Fsp3) is 0.188. The third kappa shape index (κ3) is 5.08. The second-order valence-corrected chi connectivity index (χ2v) is 12.2. The number of thiocarbonyl (C=S) groups is 1. The number of anilines is 2. The Morgan fingerprint density at radius 2 is 1.81 bits per heavy atom. The Balaban J connectivity index is 1.42. The lowest BCUT2D eigenvalue weighted by molar-refractivity contribution is -0.122. The lowest BCUT2D eigenvalue weighted by Crippen LogP contribution is -2.54. The number of thiophene rings is 1. The summed E-state index contributed by atoms with van der Waals surface area (Å²) in [6, 6.07) is 18.1. The molecule has 3 heterocycles. The van der Waals surface area contributed by atoms with E-state index in [0.717, 1.165) is 53.3 Å². The summed E-state index contributed by atoms with van der Waals surface area (Å²) in [6.07, 6.45) is 5.52. The number of nitrogens with one attached hydrogen (secondary N) is 2. The van der Waals surface area contributed by atoms with Gasteiger partial charge in [0.1, 0.15) is 10.6 Å². The highest BCUT2D eigenvalue weighted by Crippen LogP contribution is 2.39. The molecule has 0 radical (unpaired) electrons. The van der Waals surface area contributed by atoms with Crippen LogP contribution in [0.25, 0.3) is 11.1 Å². The Kier molecular flexibility index (Phi) is 7.57. The standard InChI is InChI=1S/C32H27ClN4O3S2/c1-18-15-20(16-25-28(38)35-32(41)37(30(25)40)23-12-8-9-21(33)17-23)19(2)36(18)31-27(24-13-6-7-14-26(24)42-31)29(39)34-22-10-4-3-5-11-22/h3-5,8-12,15-17H,6-7,13-14H2,1-2H3,(H,34,39)(H,35,38,41)/b25-16+. The normalized spacial score (nSPS) is 16.0. The lowest BCUT2D eigenvalue weighted by Gasteiger charge is -2.29. The second kappa shape index (κ2) is 11.3. The van der Waals surface area contributed by atoms with Gasteiger partial charge in [0.2, 0.25) is 0 Å².